The van der Waals surface area contributed by atoms with Crippen LogP contribution in [0.15, 0.2) is 18.2 Å². The van der Waals surface area contributed by atoms with Gasteiger partial charge in [-0.1, -0.05) is 17.7 Å². The lowest BCUT2D eigenvalue weighted by Gasteiger charge is -2.07. The number of anilines is 1. The van der Waals surface area contributed by atoms with E-state index in [9.17, 15) is 9.18 Å². The third-order valence-electron chi connectivity index (χ3n) is 1.56. The van der Waals surface area contributed by atoms with E-state index in [1.54, 1.807) is 7.05 Å². The molecule has 1 rings (SSSR count). The lowest BCUT2D eigenvalue weighted by atomic mass is 10.3. The van der Waals surface area contributed by atoms with Gasteiger partial charge < -0.3 is 10.6 Å². The van der Waals surface area contributed by atoms with Crippen LogP contribution in [0, 0.1) is 5.82 Å². The second-order valence-corrected chi connectivity index (χ2v) is 3.08. The maximum absolute atomic E-state index is 13.1. The summed E-state index contributed by atoms with van der Waals surface area (Å²) in [6.45, 7) is 0.116. The van der Waals surface area contributed by atoms with Crippen molar-refractivity contribution in [1.82, 2.24) is 5.32 Å². The molecule has 0 fully saturated rings. The van der Waals surface area contributed by atoms with Crippen molar-refractivity contribution in [2.24, 2.45) is 0 Å². The molecule has 0 spiro atoms. The molecule has 2 N–H and O–H groups in total. The smallest absolute Gasteiger partial charge is 0.238 e. The summed E-state index contributed by atoms with van der Waals surface area (Å²) in [6, 6.07) is 4.23. The van der Waals surface area contributed by atoms with Gasteiger partial charge in [0.1, 0.15) is 5.82 Å². The van der Waals surface area contributed by atoms with Crippen LogP contribution >= 0.6 is 11.6 Å². The Bertz CT molecular complexity index is 323. The van der Waals surface area contributed by atoms with Gasteiger partial charge in [0.05, 0.1) is 17.3 Å². The molecule has 3 nitrogen and oxygen atoms in total. The molecule has 0 heterocycles. The third kappa shape index (κ3) is 2.68. The standard InChI is InChI=1S/C9H10ClFN2O/c1-12-5-8(14)13-9-6(10)3-2-4-7(9)11/h2-4,12H,5H2,1H3,(H,13,14). The fourth-order valence-corrected chi connectivity index (χ4v) is 1.17. The van der Waals surface area contributed by atoms with Crippen LogP contribution in [0.5, 0.6) is 0 Å². The molecule has 0 atom stereocenters. The fourth-order valence-electron chi connectivity index (χ4n) is 0.961. The van der Waals surface area contributed by atoms with Crippen molar-refractivity contribution >= 4 is 23.2 Å². The lowest BCUT2D eigenvalue weighted by molar-refractivity contribution is -0.115. The zero-order chi connectivity index (χ0) is 10.6. The Balaban J connectivity index is 2.80. The molecule has 5 heteroatoms. The van der Waals surface area contributed by atoms with Gasteiger partial charge in [-0.25, -0.2) is 4.39 Å². The molecule has 0 saturated heterocycles. The van der Waals surface area contributed by atoms with E-state index in [4.69, 9.17) is 11.6 Å². The van der Waals surface area contributed by atoms with Crippen molar-refractivity contribution in [2.45, 2.75) is 0 Å². The minimum Gasteiger partial charge on any atom is -0.321 e. The zero-order valence-corrected chi connectivity index (χ0v) is 8.36. The van der Waals surface area contributed by atoms with Crippen LogP contribution in [0.25, 0.3) is 0 Å². The Labute approximate surface area is 86.3 Å². The van der Waals surface area contributed by atoms with E-state index in [1.165, 1.54) is 18.2 Å². The Morgan fingerprint density at radius 1 is 1.57 bits per heavy atom. The molecule has 0 bridgehead atoms. The van der Waals surface area contributed by atoms with Gasteiger partial charge in [-0.3, -0.25) is 4.79 Å². The number of hydrogen-bond acceptors (Lipinski definition) is 2. The van der Waals surface area contributed by atoms with Crippen molar-refractivity contribution in [3.8, 4) is 0 Å². The summed E-state index contributed by atoms with van der Waals surface area (Å²) in [5.74, 6) is -0.874. The number of carbonyl (C=O) groups excluding carboxylic acids is 1. The van der Waals surface area contributed by atoms with Crippen LogP contribution in [0.4, 0.5) is 10.1 Å². The van der Waals surface area contributed by atoms with Crippen LogP contribution in [0.3, 0.4) is 0 Å². The molecule has 0 unspecified atom stereocenters. The minimum absolute atomic E-state index is 0.0226. The van der Waals surface area contributed by atoms with E-state index in [-0.39, 0.29) is 23.2 Å². The second kappa shape index (κ2) is 4.93. The van der Waals surface area contributed by atoms with Crippen LogP contribution in [0.1, 0.15) is 0 Å². The molecule has 1 aromatic carbocycles. The molecular formula is C9H10ClFN2O. The molecule has 0 aliphatic heterocycles. The van der Waals surface area contributed by atoms with E-state index >= 15 is 0 Å². The normalized spacial score (nSPS) is 9.93. The monoisotopic (exact) mass is 216 g/mol. The van der Waals surface area contributed by atoms with Crippen molar-refractivity contribution in [3.63, 3.8) is 0 Å². The zero-order valence-electron chi connectivity index (χ0n) is 7.60. The van der Waals surface area contributed by atoms with Crippen molar-refractivity contribution < 1.29 is 9.18 Å². The highest BCUT2D eigenvalue weighted by atomic mass is 35.5. The molecule has 76 valence electrons. The first kappa shape index (κ1) is 10.9. The van der Waals surface area contributed by atoms with Crippen LogP contribution in [-0.4, -0.2) is 19.5 Å². The topological polar surface area (TPSA) is 41.1 Å². The predicted octanol–water partition coefficient (Wildman–Crippen LogP) is 1.64. The van der Waals surface area contributed by atoms with Gasteiger partial charge in [-0.15, -0.1) is 0 Å². The summed E-state index contributed by atoms with van der Waals surface area (Å²) in [7, 11) is 1.63. The van der Waals surface area contributed by atoms with E-state index in [1.807, 2.05) is 0 Å². The molecule has 0 saturated carbocycles. The molecule has 0 aliphatic carbocycles. The Kier molecular flexibility index (Phi) is 3.85. The molecule has 0 aliphatic rings. The maximum atomic E-state index is 13.1. The molecule has 14 heavy (non-hydrogen) atoms. The molecule has 0 aromatic heterocycles. The number of likely N-dealkylation sites (N-methyl/N-ethyl adjacent to an activating group) is 1. The second-order valence-electron chi connectivity index (χ2n) is 2.68. The highest BCUT2D eigenvalue weighted by Gasteiger charge is 2.09. The quantitative estimate of drug-likeness (QED) is 0.807. The largest absolute Gasteiger partial charge is 0.321 e. The fraction of sp³-hybridized carbons (Fsp3) is 0.222. The summed E-state index contributed by atoms with van der Waals surface area (Å²) in [5.41, 5.74) is 0.0226. The first-order valence-electron chi connectivity index (χ1n) is 4.03. The van der Waals surface area contributed by atoms with Crippen LogP contribution < -0.4 is 10.6 Å². The van der Waals surface area contributed by atoms with Crippen molar-refractivity contribution in [2.75, 3.05) is 18.9 Å². The Hall–Kier alpha value is -1.13. The van der Waals surface area contributed by atoms with Gasteiger partial charge in [0.15, 0.2) is 0 Å². The first-order chi connectivity index (χ1) is 6.65. The van der Waals surface area contributed by atoms with Gasteiger partial charge in [0, 0.05) is 0 Å². The van der Waals surface area contributed by atoms with Crippen molar-refractivity contribution in [3.05, 3.63) is 29.0 Å². The number of carbonyl (C=O) groups is 1. The highest BCUT2D eigenvalue weighted by molar-refractivity contribution is 6.33. The number of halogens is 2. The maximum Gasteiger partial charge on any atom is 0.238 e. The number of para-hydroxylation sites is 1. The van der Waals surface area contributed by atoms with Gasteiger partial charge in [0.2, 0.25) is 5.91 Å². The molecular weight excluding hydrogens is 207 g/mol. The van der Waals surface area contributed by atoms with Crippen LogP contribution in [-0.2, 0) is 4.79 Å². The SMILES string of the molecule is CNCC(=O)Nc1c(F)cccc1Cl. The summed E-state index contributed by atoms with van der Waals surface area (Å²) in [4.78, 5) is 11.1. The lowest BCUT2D eigenvalue weighted by Crippen LogP contribution is -2.25. The summed E-state index contributed by atoms with van der Waals surface area (Å²) >= 11 is 5.70. The van der Waals surface area contributed by atoms with E-state index < -0.39 is 5.82 Å². The van der Waals surface area contributed by atoms with E-state index in [2.05, 4.69) is 10.6 Å². The number of rotatable bonds is 3. The first-order valence-corrected chi connectivity index (χ1v) is 4.41. The van der Waals surface area contributed by atoms with Crippen molar-refractivity contribution in [1.29, 1.82) is 0 Å². The van der Waals surface area contributed by atoms with Gasteiger partial charge in [-0.2, -0.15) is 0 Å². The molecule has 1 aromatic rings. The average molecular weight is 217 g/mol. The van der Waals surface area contributed by atoms with Gasteiger partial charge in [-0.05, 0) is 19.2 Å². The van der Waals surface area contributed by atoms with E-state index in [0.29, 0.717) is 0 Å². The Morgan fingerprint density at radius 3 is 2.86 bits per heavy atom. The molecule has 0 radical (unpaired) electrons. The predicted molar refractivity (Wildman–Crippen MR) is 54.0 cm³/mol. The number of hydrogen-bond donors (Lipinski definition) is 2. The highest BCUT2D eigenvalue weighted by Crippen LogP contribution is 2.24. The number of amides is 1. The van der Waals surface area contributed by atoms with E-state index in [0.717, 1.165) is 0 Å². The Morgan fingerprint density at radius 2 is 2.29 bits per heavy atom. The summed E-state index contributed by atoms with van der Waals surface area (Å²) in [5, 5.41) is 5.21. The van der Waals surface area contributed by atoms with Gasteiger partial charge >= 0.3 is 0 Å². The average Bonchev–Trinajstić information content (AvgIpc) is 2.12. The number of benzene rings is 1. The molecule has 1 amide bonds. The van der Waals surface area contributed by atoms with Crippen LogP contribution in [0.2, 0.25) is 5.02 Å². The summed E-state index contributed by atoms with van der Waals surface area (Å²) < 4.78 is 13.1. The number of nitrogens with one attached hydrogen (secondary N) is 2. The van der Waals surface area contributed by atoms with Gasteiger partial charge in [0.25, 0.3) is 0 Å². The third-order valence-corrected chi connectivity index (χ3v) is 1.88. The minimum atomic E-state index is -0.540. The summed E-state index contributed by atoms with van der Waals surface area (Å²) in [6.07, 6.45) is 0.